The van der Waals surface area contributed by atoms with E-state index in [0.29, 0.717) is 0 Å². The second-order valence-corrected chi connectivity index (χ2v) is 5.23. The molecule has 1 amide bonds. The lowest BCUT2D eigenvalue weighted by Gasteiger charge is -2.39. The average molecular weight is 280 g/mol. The van der Waals surface area contributed by atoms with Crippen LogP contribution in [0.5, 0.6) is 0 Å². The molecule has 1 saturated carbocycles. The highest BCUT2D eigenvalue weighted by atomic mass is 16.5. The number of hydrogen-bond acceptors (Lipinski definition) is 5. The maximum atomic E-state index is 12.2. The van der Waals surface area contributed by atoms with Crippen LogP contribution in [0.25, 0.3) is 0 Å². The first kappa shape index (κ1) is 14.7. The molecule has 6 nitrogen and oxygen atoms in total. The summed E-state index contributed by atoms with van der Waals surface area (Å²) in [4.78, 5) is 41.3. The second-order valence-electron chi connectivity index (χ2n) is 5.23. The van der Waals surface area contributed by atoms with Gasteiger partial charge in [0.05, 0.1) is 25.1 Å². The molecule has 1 aliphatic carbocycles. The third-order valence-corrected chi connectivity index (χ3v) is 3.91. The van der Waals surface area contributed by atoms with Gasteiger partial charge >= 0.3 is 5.97 Å². The van der Waals surface area contributed by atoms with Crippen LogP contribution in [0.15, 0.2) is 4.99 Å². The highest BCUT2D eigenvalue weighted by molar-refractivity contribution is 6.48. The van der Waals surface area contributed by atoms with Crippen molar-refractivity contribution in [2.75, 3.05) is 13.7 Å². The Bertz CT molecular complexity index is 458. The molecule has 2 aliphatic rings. The van der Waals surface area contributed by atoms with Crippen molar-refractivity contribution in [3.8, 4) is 0 Å². The molecule has 0 saturated heterocycles. The normalized spacial score (nSPS) is 25.8. The zero-order chi connectivity index (χ0) is 14.7. The lowest BCUT2D eigenvalue weighted by molar-refractivity contribution is -0.153. The van der Waals surface area contributed by atoms with E-state index >= 15 is 0 Å². The number of aliphatic imine (C=N–C) groups is 1. The molecule has 6 heteroatoms. The maximum Gasteiger partial charge on any atom is 0.375 e. The Balaban J connectivity index is 2.10. The number of hydrogen-bond donors (Lipinski definition) is 0. The molecule has 2 rings (SSSR count). The van der Waals surface area contributed by atoms with Gasteiger partial charge in [0.25, 0.3) is 5.91 Å². The van der Waals surface area contributed by atoms with Crippen LogP contribution in [0.1, 0.15) is 39.0 Å². The van der Waals surface area contributed by atoms with Gasteiger partial charge in [-0.3, -0.25) is 14.6 Å². The summed E-state index contributed by atoms with van der Waals surface area (Å²) in [5.74, 6) is -1.84. The third kappa shape index (κ3) is 2.89. The molecule has 0 aromatic carbocycles. The first-order valence-electron chi connectivity index (χ1n) is 7.08. The predicted octanol–water partition coefficient (Wildman–Crippen LogP) is 0.733. The molecule has 0 aromatic heterocycles. The number of rotatable bonds is 4. The summed E-state index contributed by atoms with van der Waals surface area (Å²) < 4.78 is 4.65. The van der Waals surface area contributed by atoms with Crippen molar-refractivity contribution in [1.29, 1.82) is 0 Å². The maximum absolute atomic E-state index is 12.2. The zero-order valence-corrected chi connectivity index (χ0v) is 11.9. The van der Waals surface area contributed by atoms with Gasteiger partial charge in [0, 0.05) is 7.05 Å². The SMILES string of the molecule is CCOC(=O)C(=O)CC1=N[C@H]2CCCC[C@H]2N(C)C1=O. The Hall–Kier alpha value is -1.72. The minimum atomic E-state index is -0.892. The number of nitrogens with zero attached hydrogens (tertiary/aromatic N) is 2. The molecule has 110 valence electrons. The van der Waals surface area contributed by atoms with Crippen molar-refractivity contribution in [2.24, 2.45) is 4.99 Å². The van der Waals surface area contributed by atoms with Crippen molar-refractivity contribution in [3.05, 3.63) is 0 Å². The molecular formula is C14H20N2O4. The first-order valence-corrected chi connectivity index (χ1v) is 7.08. The first-order chi connectivity index (χ1) is 9.54. The van der Waals surface area contributed by atoms with Crippen LogP contribution in [0.4, 0.5) is 0 Å². The molecule has 20 heavy (non-hydrogen) atoms. The predicted molar refractivity (Wildman–Crippen MR) is 72.5 cm³/mol. The van der Waals surface area contributed by atoms with Crippen molar-refractivity contribution < 1.29 is 19.1 Å². The Morgan fingerprint density at radius 1 is 1.35 bits per heavy atom. The van der Waals surface area contributed by atoms with Gasteiger partial charge in [0.2, 0.25) is 5.78 Å². The fourth-order valence-corrected chi connectivity index (χ4v) is 2.86. The molecule has 1 heterocycles. The topological polar surface area (TPSA) is 76.0 Å². The van der Waals surface area contributed by atoms with Gasteiger partial charge in [-0.05, 0) is 19.8 Å². The number of carbonyl (C=O) groups excluding carboxylic acids is 3. The minimum Gasteiger partial charge on any atom is -0.460 e. The number of ketones is 1. The van der Waals surface area contributed by atoms with Crippen LogP contribution in [-0.2, 0) is 19.1 Å². The number of amides is 1. The van der Waals surface area contributed by atoms with Gasteiger partial charge in [-0.15, -0.1) is 0 Å². The Morgan fingerprint density at radius 2 is 2.05 bits per heavy atom. The van der Waals surface area contributed by atoms with Crippen molar-refractivity contribution in [3.63, 3.8) is 0 Å². The monoisotopic (exact) mass is 280 g/mol. The summed E-state index contributed by atoms with van der Waals surface area (Å²) in [6.45, 7) is 1.78. The number of ether oxygens (including phenoxy) is 1. The van der Waals surface area contributed by atoms with E-state index in [1.807, 2.05) is 0 Å². The standard InChI is InChI=1S/C14H20N2O4/c1-3-20-14(19)12(17)8-10-13(18)16(2)11-7-5-4-6-9(11)15-10/h9,11H,3-8H2,1-2H3/t9-,11+/m0/s1. The van der Waals surface area contributed by atoms with Gasteiger partial charge < -0.3 is 9.64 Å². The van der Waals surface area contributed by atoms with E-state index in [-0.39, 0.29) is 36.7 Å². The van der Waals surface area contributed by atoms with Crippen molar-refractivity contribution >= 4 is 23.4 Å². The smallest absolute Gasteiger partial charge is 0.375 e. The summed E-state index contributed by atoms with van der Waals surface area (Å²) in [7, 11) is 1.74. The summed E-state index contributed by atoms with van der Waals surface area (Å²) in [6, 6.07) is 0.203. The number of Topliss-reactive ketones (excluding diaryl/α,β-unsaturated/α-hetero) is 1. The molecule has 1 fully saturated rings. The Labute approximate surface area is 118 Å². The Morgan fingerprint density at radius 3 is 2.75 bits per heavy atom. The molecule has 1 aliphatic heterocycles. The molecular weight excluding hydrogens is 260 g/mol. The van der Waals surface area contributed by atoms with Crippen LogP contribution in [0.2, 0.25) is 0 Å². The molecule has 0 unspecified atom stereocenters. The summed E-state index contributed by atoms with van der Waals surface area (Å²) >= 11 is 0. The van der Waals surface area contributed by atoms with Gasteiger partial charge in [-0.1, -0.05) is 12.8 Å². The van der Waals surface area contributed by atoms with E-state index in [4.69, 9.17) is 0 Å². The highest BCUT2D eigenvalue weighted by Crippen LogP contribution is 2.28. The minimum absolute atomic E-state index is 0.0662. The highest BCUT2D eigenvalue weighted by Gasteiger charge is 2.38. The quantitative estimate of drug-likeness (QED) is 0.562. The fraction of sp³-hybridized carbons (Fsp3) is 0.714. The van der Waals surface area contributed by atoms with E-state index in [0.717, 1.165) is 25.7 Å². The molecule has 2 atom stereocenters. The van der Waals surface area contributed by atoms with Gasteiger partial charge in [-0.25, -0.2) is 4.79 Å². The molecule has 0 bridgehead atoms. The van der Waals surface area contributed by atoms with Crippen molar-refractivity contribution in [2.45, 2.75) is 51.1 Å². The molecule has 0 aromatic rings. The van der Waals surface area contributed by atoms with E-state index < -0.39 is 11.8 Å². The second kappa shape index (κ2) is 6.15. The number of esters is 1. The van der Waals surface area contributed by atoms with Crippen LogP contribution < -0.4 is 0 Å². The van der Waals surface area contributed by atoms with E-state index in [9.17, 15) is 14.4 Å². The van der Waals surface area contributed by atoms with Crippen molar-refractivity contribution in [1.82, 2.24) is 4.90 Å². The van der Waals surface area contributed by atoms with Crippen LogP contribution in [0, 0.1) is 0 Å². The van der Waals surface area contributed by atoms with Crippen LogP contribution in [0.3, 0.4) is 0 Å². The van der Waals surface area contributed by atoms with E-state index in [1.54, 1.807) is 18.9 Å². The lowest BCUT2D eigenvalue weighted by atomic mass is 9.87. The van der Waals surface area contributed by atoms with Crippen LogP contribution >= 0.6 is 0 Å². The summed E-state index contributed by atoms with van der Waals surface area (Å²) in [5.41, 5.74) is 0.189. The van der Waals surface area contributed by atoms with E-state index in [1.165, 1.54) is 0 Å². The van der Waals surface area contributed by atoms with Crippen LogP contribution in [-0.4, -0.2) is 54.0 Å². The van der Waals surface area contributed by atoms with Gasteiger partial charge in [0.15, 0.2) is 0 Å². The zero-order valence-electron chi connectivity index (χ0n) is 11.9. The fourth-order valence-electron chi connectivity index (χ4n) is 2.86. The Kier molecular flexibility index (Phi) is 4.52. The average Bonchev–Trinajstić information content (AvgIpc) is 2.44. The third-order valence-electron chi connectivity index (χ3n) is 3.91. The number of fused-ring (bicyclic) bond motifs is 1. The largest absolute Gasteiger partial charge is 0.460 e. The number of likely N-dealkylation sites (N-methyl/N-ethyl adjacent to an activating group) is 1. The molecule has 0 spiro atoms. The molecule has 0 N–H and O–H groups in total. The summed E-state index contributed by atoms with van der Waals surface area (Å²) in [6.07, 6.45) is 3.82. The number of carbonyl (C=O) groups is 3. The molecule has 0 radical (unpaired) electrons. The lowest BCUT2D eigenvalue weighted by Crippen LogP contribution is -2.52. The summed E-state index contributed by atoms with van der Waals surface area (Å²) in [5, 5.41) is 0. The van der Waals surface area contributed by atoms with E-state index in [2.05, 4.69) is 9.73 Å². The van der Waals surface area contributed by atoms with Gasteiger partial charge in [0.1, 0.15) is 5.71 Å². The van der Waals surface area contributed by atoms with Gasteiger partial charge in [-0.2, -0.15) is 0 Å².